The Bertz CT molecular complexity index is 593. The van der Waals surface area contributed by atoms with Crippen molar-refractivity contribution in [2.45, 2.75) is 103 Å². The Morgan fingerprint density at radius 2 is 1.68 bits per heavy atom. The number of nitrogens with one attached hydrogen (secondary N) is 1. The third kappa shape index (κ3) is 10.1. The summed E-state index contributed by atoms with van der Waals surface area (Å²) in [5.41, 5.74) is 1.57. The van der Waals surface area contributed by atoms with Gasteiger partial charge in [-0.05, 0) is 51.7 Å². The van der Waals surface area contributed by atoms with Gasteiger partial charge in [0.2, 0.25) is 5.79 Å². The van der Waals surface area contributed by atoms with Crippen molar-refractivity contribution in [1.82, 2.24) is 5.32 Å². The zero-order chi connectivity index (χ0) is 21.2. The Balaban J connectivity index is 2.55. The van der Waals surface area contributed by atoms with Crippen LogP contribution in [0.5, 0.6) is 0 Å². The molecule has 0 spiro atoms. The molecule has 0 bridgehead atoms. The molecule has 1 atom stereocenters. The summed E-state index contributed by atoms with van der Waals surface area (Å²) in [5.74, 6) is -2.13. The molecule has 0 saturated heterocycles. The fourth-order valence-corrected chi connectivity index (χ4v) is 3.04. The van der Waals surface area contributed by atoms with Crippen molar-refractivity contribution in [3.8, 4) is 0 Å². The van der Waals surface area contributed by atoms with Crippen molar-refractivity contribution in [3.63, 3.8) is 0 Å². The molecule has 1 aromatic carbocycles. The zero-order valence-electron chi connectivity index (χ0n) is 18.3. The highest BCUT2D eigenvalue weighted by atomic mass is 16.6. The molecular weight excluding hydrogens is 354 g/mol. The Morgan fingerprint density at radius 3 is 2.32 bits per heavy atom. The number of hydrogen-bond acceptors (Lipinski definition) is 4. The molecule has 5 heteroatoms. The average molecular weight is 394 g/mol. The molecule has 1 rings (SSSR count). The highest BCUT2D eigenvalue weighted by Gasteiger charge is 2.35. The van der Waals surface area contributed by atoms with Crippen molar-refractivity contribution >= 4 is 6.09 Å². The quantitative estimate of drug-likeness (QED) is 0.375. The predicted octanol–water partition coefficient (Wildman–Crippen LogP) is 4.73. The van der Waals surface area contributed by atoms with Gasteiger partial charge in [-0.2, -0.15) is 0 Å². The lowest BCUT2D eigenvalue weighted by molar-refractivity contribution is -0.217. The second-order valence-corrected chi connectivity index (χ2v) is 8.82. The van der Waals surface area contributed by atoms with Crippen LogP contribution in [0.2, 0.25) is 0 Å². The molecule has 0 fully saturated rings. The van der Waals surface area contributed by atoms with Crippen molar-refractivity contribution in [1.29, 1.82) is 0 Å². The number of carbonyl (C=O) groups is 1. The summed E-state index contributed by atoms with van der Waals surface area (Å²) in [7, 11) is 0. The van der Waals surface area contributed by atoms with Crippen LogP contribution in [0.1, 0.15) is 84.3 Å². The molecular formula is C23H39NO4. The minimum absolute atomic E-state index is 0.00129. The fraction of sp³-hybridized carbons (Fsp3) is 0.696. The van der Waals surface area contributed by atoms with Gasteiger partial charge in [0.1, 0.15) is 0 Å². The van der Waals surface area contributed by atoms with E-state index in [0.717, 1.165) is 18.4 Å². The number of rotatable bonds is 11. The molecule has 160 valence electrons. The topological polar surface area (TPSA) is 78.8 Å². The Hall–Kier alpha value is -1.59. The first-order valence-electron chi connectivity index (χ1n) is 10.5. The summed E-state index contributed by atoms with van der Waals surface area (Å²) in [4.78, 5) is 11.9. The number of aliphatic hydroxyl groups is 2. The van der Waals surface area contributed by atoms with Crippen LogP contribution in [0.15, 0.2) is 24.3 Å². The van der Waals surface area contributed by atoms with Crippen LogP contribution < -0.4 is 5.32 Å². The summed E-state index contributed by atoms with van der Waals surface area (Å²) in [5, 5.41) is 23.5. The molecule has 3 N–H and O–H groups in total. The Kier molecular flexibility index (Phi) is 9.97. The molecule has 1 amide bonds. The van der Waals surface area contributed by atoms with Crippen molar-refractivity contribution in [3.05, 3.63) is 35.4 Å². The lowest BCUT2D eigenvalue weighted by atomic mass is 9.97. The number of amides is 1. The summed E-state index contributed by atoms with van der Waals surface area (Å²) in [6, 6.07) is 7.89. The number of unbranched alkanes of at least 4 members (excludes halogenated alkanes) is 5. The molecule has 0 aliphatic rings. The van der Waals surface area contributed by atoms with Gasteiger partial charge in [-0.15, -0.1) is 0 Å². The molecule has 0 heterocycles. The number of aryl methyl sites for hydroxylation is 1. The van der Waals surface area contributed by atoms with E-state index in [1.807, 2.05) is 39.0 Å². The maximum atomic E-state index is 11.9. The lowest BCUT2D eigenvalue weighted by Crippen LogP contribution is -2.49. The number of benzene rings is 1. The van der Waals surface area contributed by atoms with Crippen molar-refractivity contribution < 1.29 is 19.7 Å². The van der Waals surface area contributed by atoms with E-state index in [1.54, 1.807) is 0 Å². The monoisotopic (exact) mass is 393 g/mol. The molecule has 5 nitrogen and oxygen atoms in total. The first-order chi connectivity index (χ1) is 13.0. The average Bonchev–Trinajstić information content (AvgIpc) is 2.56. The highest BCUT2D eigenvalue weighted by Crippen LogP contribution is 2.20. The minimum atomic E-state index is -2.13. The fourth-order valence-electron chi connectivity index (χ4n) is 3.04. The molecule has 0 aromatic heterocycles. The Labute approximate surface area is 170 Å². The second kappa shape index (κ2) is 11.4. The van der Waals surface area contributed by atoms with E-state index in [4.69, 9.17) is 4.74 Å². The maximum Gasteiger partial charge on any atom is 0.407 e. The third-order valence-corrected chi connectivity index (χ3v) is 4.69. The molecule has 1 unspecified atom stereocenters. The number of ether oxygens (including phenoxy) is 1. The van der Waals surface area contributed by atoms with Gasteiger partial charge >= 0.3 is 6.09 Å². The predicted molar refractivity (Wildman–Crippen MR) is 113 cm³/mol. The van der Waals surface area contributed by atoms with E-state index in [0.29, 0.717) is 0 Å². The van der Waals surface area contributed by atoms with E-state index in [1.165, 1.54) is 44.6 Å². The van der Waals surface area contributed by atoms with Gasteiger partial charge in [0.25, 0.3) is 0 Å². The van der Waals surface area contributed by atoms with E-state index in [2.05, 4.69) is 18.3 Å². The third-order valence-electron chi connectivity index (χ3n) is 4.69. The molecule has 28 heavy (non-hydrogen) atoms. The lowest BCUT2D eigenvalue weighted by Gasteiger charge is -2.30. The van der Waals surface area contributed by atoms with Crippen LogP contribution in [-0.2, 0) is 17.6 Å². The normalized spacial score (nSPS) is 13.2. The largest absolute Gasteiger partial charge is 0.441 e. The van der Waals surface area contributed by atoms with Gasteiger partial charge in [0, 0.05) is 12.0 Å². The molecule has 0 radical (unpaired) electrons. The summed E-state index contributed by atoms with van der Waals surface area (Å²) >= 11 is 0. The molecule has 0 aliphatic heterocycles. The van der Waals surface area contributed by atoms with Crippen LogP contribution in [-0.4, -0.2) is 33.7 Å². The van der Waals surface area contributed by atoms with Gasteiger partial charge in [-0.1, -0.05) is 63.3 Å². The van der Waals surface area contributed by atoms with Gasteiger partial charge in [-0.3, -0.25) is 0 Å². The number of alkyl carbamates (subject to hydrolysis) is 1. The Morgan fingerprint density at radius 1 is 1.07 bits per heavy atom. The van der Waals surface area contributed by atoms with E-state index < -0.39 is 23.5 Å². The van der Waals surface area contributed by atoms with Crippen molar-refractivity contribution in [2.24, 2.45) is 0 Å². The highest BCUT2D eigenvalue weighted by molar-refractivity contribution is 5.68. The maximum absolute atomic E-state index is 11.9. The van der Waals surface area contributed by atoms with Crippen LogP contribution >= 0.6 is 0 Å². The van der Waals surface area contributed by atoms with Crippen LogP contribution in [0.25, 0.3) is 0 Å². The van der Waals surface area contributed by atoms with Gasteiger partial charge in [0.05, 0.1) is 0 Å². The SMILES string of the molecule is CCCCCCCCc1cccc(CC(O)(O)C(C)OC(=O)NC(C)(C)C)c1. The smallest absolute Gasteiger partial charge is 0.407 e. The second-order valence-electron chi connectivity index (χ2n) is 8.82. The first kappa shape index (κ1) is 24.4. The zero-order valence-corrected chi connectivity index (χ0v) is 18.3. The van der Waals surface area contributed by atoms with Crippen molar-refractivity contribution in [2.75, 3.05) is 0 Å². The molecule has 0 saturated carbocycles. The first-order valence-corrected chi connectivity index (χ1v) is 10.5. The van der Waals surface area contributed by atoms with Gasteiger partial charge in [-0.25, -0.2) is 4.79 Å². The van der Waals surface area contributed by atoms with E-state index in [9.17, 15) is 15.0 Å². The van der Waals surface area contributed by atoms with Gasteiger partial charge < -0.3 is 20.3 Å². The van der Waals surface area contributed by atoms with E-state index >= 15 is 0 Å². The summed E-state index contributed by atoms with van der Waals surface area (Å²) < 4.78 is 5.16. The van der Waals surface area contributed by atoms with Crippen LogP contribution in [0, 0.1) is 0 Å². The van der Waals surface area contributed by atoms with Gasteiger partial charge in [0.15, 0.2) is 6.10 Å². The standard InChI is InChI=1S/C23H39NO4/c1-6-7-8-9-10-11-13-19-14-12-15-20(16-19)17-23(26,27)18(2)28-21(25)24-22(3,4)5/h12,14-16,18,26-27H,6-11,13,17H2,1-5H3,(H,24,25). The molecule has 0 aliphatic carbocycles. The summed E-state index contributed by atoms with van der Waals surface area (Å²) in [6.45, 7) is 9.21. The molecule has 1 aromatic rings. The van der Waals surface area contributed by atoms with Crippen LogP contribution in [0.3, 0.4) is 0 Å². The minimum Gasteiger partial charge on any atom is -0.441 e. The number of carbonyl (C=O) groups excluding carboxylic acids is 1. The van der Waals surface area contributed by atoms with E-state index in [-0.39, 0.29) is 6.42 Å². The van der Waals surface area contributed by atoms with Crippen LogP contribution in [0.4, 0.5) is 4.79 Å². The number of hydrogen-bond donors (Lipinski definition) is 3. The summed E-state index contributed by atoms with van der Waals surface area (Å²) in [6.07, 6.45) is 6.77.